The Bertz CT molecular complexity index is 1260. The van der Waals surface area contributed by atoms with E-state index < -0.39 is 5.97 Å². The molecule has 3 aromatic carbocycles. The summed E-state index contributed by atoms with van der Waals surface area (Å²) in [7, 11) is 0. The molecule has 4 rings (SSSR count). The van der Waals surface area contributed by atoms with E-state index in [2.05, 4.69) is 24.4 Å². The van der Waals surface area contributed by atoms with Gasteiger partial charge in [-0.1, -0.05) is 48.5 Å². The molecular weight excluding hydrogens is 391 g/mol. The second kappa shape index (κ2) is 8.74. The van der Waals surface area contributed by atoms with E-state index in [1.54, 1.807) is 10.6 Å². The van der Waals surface area contributed by atoms with Crippen molar-refractivity contribution in [3.63, 3.8) is 0 Å². The maximum Gasteiger partial charge on any atom is 0.352 e. The average Bonchev–Trinajstić information content (AvgIpc) is 3.02. The van der Waals surface area contributed by atoms with E-state index in [9.17, 15) is 14.3 Å². The summed E-state index contributed by atoms with van der Waals surface area (Å²) in [6.45, 7) is 5.40. The number of aromatic nitrogens is 1. The normalized spacial score (nSPS) is 11.2. The van der Waals surface area contributed by atoms with Crippen molar-refractivity contribution < 1.29 is 14.3 Å². The number of nitrogens with zero attached hydrogens (tertiary/aromatic N) is 1. The van der Waals surface area contributed by atoms with Crippen LogP contribution in [0.5, 0.6) is 0 Å². The van der Waals surface area contributed by atoms with Crippen LogP contribution < -0.4 is 5.32 Å². The van der Waals surface area contributed by atoms with Crippen LogP contribution in [0.2, 0.25) is 0 Å². The molecule has 2 N–H and O–H groups in total. The maximum absolute atomic E-state index is 13.7. The lowest BCUT2D eigenvalue weighted by Crippen LogP contribution is -2.17. The summed E-state index contributed by atoms with van der Waals surface area (Å²) in [6, 6.07) is 20.4. The minimum Gasteiger partial charge on any atom is -0.477 e. The number of hydrogen-bond acceptors (Lipinski definition) is 2. The third kappa shape index (κ3) is 4.37. The van der Waals surface area contributed by atoms with Gasteiger partial charge in [-0.2, -0.15) is 0 Å². The highest BCUT2D eigenvalue weighted by Crippen LogP contribution is 2.29. The van der Waals surface area contributed by atoms with Crippen LogP contribution in [0.15, 0.2) is 66.7 Å². The topological polar surface area (TPSA) is 54.3 Å². The molecule has 1 heterocycles. The van der Waals surface area contributed by atoms with E-state index in [0.29, 0.717) is 13.1 Å². The molecule has 0 saturated carbocycles. The highest BCUT2D eigenvalue weighted by atomic mass is 19.1. The van der Waals surface area contributed by atoms with Gasteiger partial charge in [0.2, 0.25) is 0 Å². The fourth-order valence-corrected chi connectivity index (χ4v) is 4.07. The number of carboxylic acids is 1. The number of halogens is 1. The second-order valence-corrected chi connectivity index (χ2v) is 7.90. The van der Waals surface area contributed by atoms with Gasteiger partial charge < -0.3 is 15.0 Å². The zero-order chi connectivity index (χ0) is 22.0. The van der Waals surface area contributed by atoms with Gasteiger partial charge in [-0.3, -0.25) is 0 Å². The van der Waals surface area contributed by atoms with Crippen molar-refractivity contribution in [2.24, 2.45) is 0 Å². The van der Waals surface area contributed by atoms with Crippen molar-refractivity contribution in [3.05, 3.63) is 106 Å². The Kier molecular flexibility index (Phi) is 5.87. The Hall–Kier alpha value is -3.44. The third-order valence-corrected chi connectivity index (χ3v) is 5.64. The number of aryl methyl sites for hydroxylation is 2. The fourth-order valence-electron chi connectivity index (χ4n) is 4.07. The lowest BCUT2D eigenvalue weighted by atomic mass is 10.1. The Morgan fingerprint density at radius 3 is 2.55 bits per heavy atom. The largest absolute Gasteiger partial charge is 0.477 e. The monoisotopic (exact) mass is 416 g/mol. The van der Waals surface area contributed by atoms with Crippen LogP contribution in [-0.2, 0) is 19.6 Å². The van der Waals surface area contributed by atoms with Gasteiger partial charge in [-0.25, -0.2) is 9.18 Å². The molecule has 0 aliphatic heterocycles. The zero-order valence-corrected chi connectivity index (χ0v) is 17.7. The van der Waals surface area contributed by atoms with Crippen molar-refractivity contribution in [1.82, 2.24) is 9.88 Å². The number of fused-ring (bicyclic) bond motifs is 1. The molecule has 0 fully saturated rings. The SMILES string of the molecule is Cc1ccc2c(CNCc3ccccc3C)c(C(=O)O)n(Cc3cccc(F)c3)c2c1. The summed E-state index contributed by atoms with van der Waals surface area (Å²) in [5, 5.41) is 14.4. The second-order valence-electron chi connectivity index (χ2n) is 7.90. The molecule has 0 saturated heterocycles. The van der Waals surface area contributed by atoms with Gasteiger partial charge >= 0.3 is 5.97 Å². The molecule has 0 unspecified atom stereocenters. The number of rotatable bonds is 7. The molecule has 0 amide bonds. The van der Waals surface area contributed by atoms with Gasteiger partial charge in [0.15, 0.2) is 0 Å². The molecule has 0 spiro atoms. The minimum atomic E-state index is -0.988. The van der Waals surface area contributed by atoms with Crippen molar-refractivity contribution in [1.29, 1.82) is 0 Å². The molecule has 0 atom stereocenters. The highest BCUT2D eigenvalue weighted by molar-refractivity contribution is 5.98. The molecule has 5 heteroatoms. The van der Waals surface area contributed by atoms with Crippen molar-refractivity contribution in [2.75, 3.05) is 0 Å². The van der Waals surface area contributed by atoms with E-state index in [4.69, 9.17) is 0 Å². The smallest absolute Gasteiger partial charge is 0.352 e. The van der Waals surface area contributed by atoms with Crippen LogP contribution in [0.1, 0.15) is 38.3 Å². The van der Waals surface area contributed by atoms with Crippen LogP contribution in [0.4, 0.5) is 4.39 Å². The van der Waals surface area contributed by atoms with Gasteiger partial charge in [-0.15, -0.1) is 0 Å². The zero-order valence-electron chi connectivity index (χ0n) is 17.7. The number of hydrogen-bond donors (Lipinski definition) is 2. The maximum atomic E-state index is 13.7. The van der Waals surface area contributed by atoms with E-state index in [0.717, 1.165) is 27.6 Å². The van der Waals surface area contributed by atoms with Crippen LogP contribution in [0.3, 0.4) is 0 Å². The first-order chi connectivity index (χ1) is 14.9. The first kappa shape index (κ1) is 20.8. The van der Waals surface area contributed by atoms with Crippen LogP contribution >= 0.6 is 0 Å². The van der Waals surface area contributed by atoms with Crippen LogP contribution in [0.25, 0.3) is 10.9 Å². The van der Waals surface area contributed by atoms with E-state index in [1.165, 1.54) is 23.3 Å². The van der Waals surface area contributed by atoms with Crippen LogP contribution in [-0.4, -0.2) is 15.6 Å². The van der Waals surface area contributed by atoms with Crippen LogP contribution in [0, 0.1) is 19.7 Å². The highest BCUT2D eigenvalue weighted by Gasteiger charge is 2.22. The Labute approximate surface area is 181 Å². The summed E-state index contributed by atoms with van der Waals surface area (Å²) >= 11 is 0. The summed E-state index contributed by atoms with van der Waals surface area (Å²) in [4.78, 5) is 12.3. The number of carboxylic acid groups (broad SMARTS) is 1. The van der Waals surface area contributed by atoms with E-state index in [-0.39, 0.29) is 18.1 Å². The molecule has 0 radical (unpaired) electrons. The number of nitrogens with one attached hydrogen (secondary N) is 1. The molecule has 0 aliphatic rings. The molecular formula is C26H25FN2O2. The van der Waals surface area contributed by atoms with Gasteiger partial charge in [0.25, 0.3) is 0 Å². The number of carbonyl (C=O) groups is 1. The lowest BCUT2D eigenvalue weighted by molar-refractivity contribution is 0.0684. The predicted molar refractivity (Wildman–Crippen MR) is 121 cm³/mol. The summed E-state index contributed by atoms with van der Waals surface area (Å²) in [6.07, 6.45) is 0. The van der Waals surface area contributed by atoms with Gasteiger partial charge in [-0.05, 0) is 54.3 Å². The molecule has 0 bridgehead atoms. The predicted octanol–water partition coefficient (Wildman–Crippen LogP) is 5.43. The molecule has 31 heavy (non-hydrogen) atoms. The Morgan fingerprint density at radius 2 is 1.81 bits per heavy atom. The summed E-state index contributed by atoms with van der Waals surface area (Å²) in [5.74, 6) is -1.32. The fraction of sp³-hybridized carbons (Fsp3) is 0.192. The molecule has 4 aromatic rings. The third-order valence-electron chi connectivity index (χ3n) is 5.64. The quantitative estimate of drug-likeness (QED) is 0.422. The lowest BCUT2D eigenvalue weighted by Gasteiger charge is -2.11. The minimum absolute atomic E-state index is 0.238. The van der Waals surface area contributed by atoms with E-state index >= 15 is 0 Å². The molecule has 158 valence electrons. The molecule has 0 aliphatic carbocycles. The molecule has 4 nitrogen and oxygen atoms in total. The summed E-state index contributed by atoms with van der Waals surface area (Å²) < 4.78 is 15.5. The number of aromatic carboxylic acids is 1. The van der Waals surface area contributed by atoms with Crippen molar-refractivity contribution >= 4 is 16.9 Å². The Balaban J connectivity index is 1.74. The van der Waals surface area contributed by atoms with Gasteiger partial charge in [0.05, 0.1) is 0 Å². The van der Waals surface area contributed by atoms with Crippen molar-refractivity contribution in [3.8, 4) is 0 Å². The van der Waals surface area contributed by atoms with Gasteiger partial charge in [0.1, 0.15) is 11.5 Å². The van der Waals surface area contributed by atoms with Gasteiger partial charge in [0, 0.05) is 36.1 Å². The van der Waals surface area contributed by atoms with E-state index in [1.807, 2.05) is 43.3 Å². The summed E-state index contributed by atoms with van der Waals surface area (Å²) in [5.41, 5.74) is 5.96. The standard InChI is InChI=1S/C26H25FN2O2/c1-17-10-11-22-23(15-28-14-20-8-4-3-6-18(20)2)25(26(30)31)29(24(22)12-17)16-19-7-5-9-21(27)13-19/h3-13,28H,14-16H2,1-2H3,(H,30,31). The first-order valence-corrected chi connectivity index (χ1v) is 10.3. The van der Waals surface area contributed by atoms with Crippen molar-refractivity contribution in [2.45, 2.75) is 33.5 Å². The molecule has 1 aromatic heterocycles. The first-order valence-electron chi connectivity index (χ1n) is 10.3. The Morgan fingerprint density at radius 1 is 1.00 bits per heavy atom. The average molecular weight is 416 g/mol. The number of benzene rings is 3.